The molecule has 1 saturated heterocycles. The number of nitrogens with one attached hydrogen (secondary N) is 3. The van der Waals surface area contributed by atoms with E-state index in [0.29, 0.717) is 32.0 Å². The molecule has 0 spiro atoms. The van der Waals surface area contributed by atoms with Crippen molar-refractivity contribution in [3.8, 4) is 0 Å². The van der Waals surface area contributed by atoms with Gasteiger partial charge in [-0.1, -0.05) is 0 Å². The molecule has 2 atom stereocenters. The van der Waals surface area contributed by atoms with E-state index in [1.165, 1.54) is 19.0 Å². The molecule has 0 bridgehead atoms. The first kappa shape index (κ1) is 20.5. The van der Waals surface area contributed by atoms with E-state index >= 15 is 0 Å². The topological polar surface area (TPSA) is 116 Å². The number of hydrogen-bond donors (Lipinski definition) is 3. The number of rotatable bonds is 10. The van der Waals surface area contributed by atoms with Crippen LogP contribution in [0.2, 0.25) is 0 Å². The summed E-state index contributed by atoms with van der Waals surface area (Å²) in [5.41, 5.74) is -0.239. The molecular formula is C19H29N5O4. The molecule has 1 aromatic rings. The van der Waals surface area contributed by atoms with E-state index in [4.69, 9.17) is 4.74 Å². The smallest absolute Gasteiger partial charge is 0.269 e. The first-order valence-electron chi connectivity index (χ1n) is 9.90. The van der Waals surface area contributed by atoms with Gasteiger partial charge in [-0.3, -0.25) is 24.3 Å². The number of amides is 2. The van der Waals surface area contributed by atoms with Crippen molar-refractivity contribution >= 4 is 11.8 Å². The molecule has 154 valence electrons. The Bertz CT molecular complexity index is 733. The monoisotopic (exact) mass is 391 g/mol. The zero-order valence-electron chi connectivity index (χ0n) is 16.3. The summed E-state index contributed by atoms with van der Waals surface area (Å²) in [6, 6.07) is 0.396. The highest BCUT2D eigenvalue weighted by Gasteiger charge is 2.38. The second-order valence-corrected chi connectivity index (χ2v) is 7.59. The zero-order chi connectivity index (χ0) is 19.9. The standard InChI is InChI=1S/C19H29N5O4/c1-28-7-6-21-17(25)8-14-4-5-15(24(14)12-13-2-3-13)9-22-19(27)16-10-20-11-18(26)23-16/h10-11,13-15H,2-9,12H2,1H3,(H,21,25)(H,22,27)(H,23,26)/t14-,15+/m1/s1. The molecule has 9 heteroatoms. The molecule has 0 radical (unpaired) electrons. The van der Waals surface area contributed by atoms with Crippen LogP contribution in [0, 0.1) is 5.92 Å². The molecule has 1 aromatic heterocycles. The van der Waals surface area contributed by atoms with Gasteiger partial charge in [0.2, 0.25) is 5.91 Å². The Morgan fingerprint density at radius 3 is 2.71 bits per heavy atom. The van der Waals surface area contributed by atoms with Crippen molar-refractivity contribution < 1.29 is 14.3 Å². The Morgan fingerprint density at radius 2 is 2.00 bits per heavy atom. The number of likely N-dealkylation sites (tertiary alicyclic amines) is 1. The van der Waals surface area contributed by atoms with Gasteiger partial charge in [0.25, 0.3) is 11.5 Å². The van der Waals surface area contributed by atoms with Crippen molar-refractivity contribution in [3.05, 3.63) is 28.4 Å². The van der Waals surface area contributed by atoms with Crippen LogP contribution in [0.5, 0.6) is 0 Å². The Balaban J connectivity index is 1.53. The number of nitrogens with zero attached hydrogens (tertiary/aromatic N) is 2. The van der Waals surface area contributed by atoms with Gasteiger partial charge < -0.3 is 20.4 Å². The predicted octanol–water partition coefficient (Wildman–Crippen LogP) is -0.105. The number of aromatic amines is 1. The second kappa shape index (κ2) is 9.79. The maximum atomic E-state index is 12.3. The fourth-order valence-corrected chi connectivity index (χ4v) is 3.73. The second-order valence-electron chi connectivity index (χ2n) is 7.59. The number of aromatic nitrogens is 2. The summed E-state index contributed by atoms with van der Waals surface area (Å²) in [6.45, 7) is 2.49. The summed E-state index contributed by atoms with van der Waals surface area (Å²) in [5, 5.41) is 5.79. The third kappa shape index (κ3) is 5.87. The van der Waals surface area contributed by atoms with Gasteiger partial charge in [-0.2, -0.15) is 0 Å². The molecule has 3 N–H and O–H groups in total. The quantitative estimate of drug-likeness (QED) is 0.480. The van der Waals surface area contributed by atoms with E-state index in [0.717, 1.165) is 25.6 Å². The molecule has 2 amide bonds. The highest BCUT2D eigenvalue weighted by atomic mass is 16.5. The SMILES string of the molecule is COCCNC(=O)C[C@H]1CC[C@@H](CNC(=O)c2cncc(=O)[nH]2)N1CC1CC1. The molecule has 1 aliphatic heterocycles. The summed E-state index contributed by atoms with van der Waals surface area (Å²) < 4.78 is 4.97. The van der Waals surface area contributed by atoms with Crippen LogP contribution in [0.15, 0.2) is 17.2 Å². The van der Waals surface area contributed by atoms with Gasteiger partial charge in [0.1, 0.15) is 5.69 Å². The zero-order valence-corrected chi connectivity index (χ0v) is 16.3. The van der Waals surface area contributed by atoms with Gasteiger partial charge in [0.05, 0.1) is 19.0 Å². The Kier molecular flexibility index (Phi) is 7.16. The van der Waals surface area contributed by atoms with E-state index in [2.05, 4.69) is 25.5 Å². The Morgan fingerprint density at radius 1 is 1.21 bits per heavy atom. The van der Waals surface area contributed by atoms with Crippen LogP contribution in [-0.2, 0) is 9.53 Å². The van der Waals surface area contributed by atoms with Crippen molar-refractivity contribution in [2.45, 2.75) is 44.2 Å². The van der Waals surface area contributed by atoms with Gasteiger partial charge in [-0.15, -0.1) is 0 Å². The molecule has 1 saturated carbocycles. The number of H-pyrrole nitrogens is 1. The van der Waals surface area contributed by atoms with E-state index in [-0.39, 0.29) is 29.6 Å². The summed E-state index contributed by atoms with van der Waals surface area (Å²) in [5.74, 6) is 0.405. The molecule has 2 aliphatic rings. The van der Waals surface area contributed by atoms with E-state index < -0.39 is 5.56 Å². The Hall–Kier alpha value is -2.26. The normalized spacial score (nSPS) is 22.2. The molecular weight excluding hydrogens is 362 g/mol. The van der Waals surface area contributed by atoms with Crippen LogP contribution < -0.4 is 16.2 Å². The maximum absolute atomic E-state index is 12.3. The molecule has 9 nitrogen and oxygen atoms in total. The average molecular weight is 391 g/mol. The summed E-state index contributed by atoms with van der Waals surface area (Å²) in [4.78, 5) is 44.4. The van der Waals surface area contributed by atoms with Gasteiger partial charge in [0.15, 0.2) is 0 Å². The third-order valence-corrected chi connectivity index (χ3v) is 5.38. The first-order valence-corrected chi connectivity index (χ1v) is 9.90. The van der Waals surface area contributed by atoms with Crippen LogP contribution >= 0.6 is 0 Å². The fourth-order valence-electron chi connectivity index (χ4n) is 3.73. The lowest BCUT2D eigenvalue weighted by Gasteiger charge is -2.30. The summed E-state index contributed by atoms with van der Waals surface area (Å²) in [7, 11) is 1.61. The summed E-state index contributed by atoms with van der Waals surface area (Å²) >= 11 is 0. The molecule has 28 heavy (non-hydrogen) atoms. The van der Waals surface area contributed by atoms with Gasteiger partial charge in [-0.05, 0) is 31.6 Å². The van der Waals surface area contributed by atoms with E-state index in [1.54, 1.807) is 7.11 Å². The number of methoxy groups -OCH3 is 1. The molecule has 1 aliphatic carbocycles. The van der Waals surface area contributed by atoms with Crippen LogP contribution in [-0.4, -0.2) is 72.1 Å². The lowest BCUT2D eigenvalue weighted by Crippen LogP contribution is -2.45. The minimum Gasteiger partial charge on any atom is -0.383 e. The lowest BCUT2D eigenvalue weighted by atomic mass is 10.1. The van der Waals surface area contributed by atoms with Crippen LogP contribution in [0.3, 0.4) is 0 Å². The number of ether oxygens (including phenoxy) is 1. The van der Waals surface area contributed by atoms with Crippen molar-refractivity contribution in [1.29, 1.82) is 0 Å². The molecule has 3 rings (SSSR count). The maximum Gasteiger partial charge on any atom is 0.269 e. The van der Waals surface area contributed by atoms with Crippen LogP contribution in [0.25, 0.3) is 0 Å². The highest BCUT2D eigenvalue weighted by molar-refractivity contribution is 5.91. The minimum absolute atomic E-state index is 0.0421. The van der Waals surface area contributed by atoms with Crippen molar-refractivity contribution in [1.82, 2.24) is 25.5 Å². The lowest BCUT2D eigenvalue weighted by molar-refractivity contribution is -0.122. The summed E-state index contributed by atoms with van der Waals surface area (Å²) in [6.07, 6.45) is 7.30. The van der Waals surface area contributed by atoms with Crippen molar-refractivity contribution in [2.75, 3.05) is 33.4 Å². The Labute approximate surface area is 164 Å². The largest absolute Gasteiger partial charge is 0.383 e. The molecule has 2 heterocycles. The number of carbonyl (C=O) groups excluding carboxylic acids is 2. The molecule has 2 fully saturated rings. The van der Waals surface area contributed by atoms with Gasteiger partial charge in [-0.25, -0.2) is 0 Å². The van der Waals surface area contributed by atoms with Crippen molar-refractivity contribution in [2.24, 2.45) is 5.92 Å². The predicted molar refractivity (Wildman–Crippen MR) is 103 cm³/mol. The van der Waals surface area contributed by atoms with Crippen LogP contribution in [0.1, 0.15) is 42.6 Å². The first-order chi connectivity index (χ1) is 13.6. The highest BCUT2D eigenvalue weighted by Crippen LogP contribution is 2.35. The minimum atomic E-state index is -0.400. The number of carbonyl (C=O) groups is 2. The third-order valence-electron chi connectivity index (χ3n) is 5.38. The van der Waals surface area contributed by atoms with Crippen LogP contribution in [0.4, 0.5) is 0 Å². The average Bonchev–Trinajstić information content (AvgIpc) is 3.42. The van der Waals surface area contributed by atoms with Gasteiger partial charge >= 0.3 is 0 Å². The number of hydrogen-bond acceptors (Lipinski definition) is 6. The van der Waals surface area contributed by atoms with Gasteiger partial charge in [0, 0.05) is 45.2 Å². The fraction of sp³-hybridized carbons (Fsp3) is 0.684. The van der Waals surface area contributed by atoms with E-state index in [1.807, 2.05) is 0 Å². The van der Waals surface area contributed by atoms with Crippen molar-refractivity contribution in [3.63, 3.8) is 0 Å². The molecule has 0 aromatic carbocycles. The van der Waals surface area contributed by atoms with E-state index in [9.17, 15) is 14.4 Å². The molecule has 0 unspecified atom stereocenters.